The van der Waals surface area contributed by atoms with Crippen LogP contribution in [0.5, 0.6) is 0 Å². The number of allylic oxidation sites excluding steroid dienone is 5. The highest BCUT2D eigenvalue weighted by Crippen LogP contribution is 2.23. The van der Waals surface area contributed by atoms with Crippen LogP contribution < -0.4 is 16.1 Å². The van der Waals surface area contributed by atoms with Crippen molar-refractivity contribution in [1.29, 1.82) is 5.41 Å². The molecule has 0 radical (unpaired) electrons. The van der Waals surface area contributed by atoms with Gasteiger partial charge in [0.05, 0.1) is 29.8 Å². The number of carbonyl (C=O) groups excluding carboxylic acids is 1. The van der Waals surface area contributed by atoms with Crippen molar-refractivity contribution in [2.75, 3.05) is 13.7 Å². The summed E-state index contributed by atoms with van der Waals surface area (Å²) in [4.78, 5) is 25.1. The van der Waals surface area contributed by atoms with Crippen LogP contribution in [0.25, 0.3) is 0 Å². The average Bonchev–Trinajstić information content (AvgIpc) is 2.94. The highest BCUT2D eigenvalue weighted by Gasteiger charge is 2.38. The second kappa shape index (κ2) is 17.2. The number of hydrazine groups is 1. The van der Waals surface area contributed by atoms with E-state index >= 15 is 0 Å². The van der Waals surface area contributed by atoms with Crippen molar-refractivity contribution in [1.82, 2.24) is 21.1 Å². The zero-order chi connectivity index (χ0) is 33.1. The minimum Gasteiger partial charge on any atom is -0.480 e. The van der Waals surface area contributed by atoms with Gasteiger partial charge in [-0.2, -0.15) is 0 Å². The van der Waals surface area contributed by atoms with E-state index in [1.165, 1.54) is 5.57 Å². The van der Waals surface area contributed by atoms with E-state index in [0.717, 1.165) is 18.4 Å². The van der Waals surface area contributed by atoms with Crippen molar-refractivity contribution >= 4 is 17.6 Å². The number of carbonyl (C=O) groups is 2. The lowest BCUT2D eigenvalue weighted by Crippen LogP contribution is -2.61. The van der Waals surface area contributed by atoms with Crippen LogP contribution in [-0.2, 0) is 14.3 Å². The van der Waals surface area contributed by atoms with Gasteiger partial charge in [0.1, 0.15) is 5.54 Å². The molecule has 1 fully saturated rings. The predicted molar refractivity (Wildman–Crippen MR) is 177 cm³/mol. The topological polar surface area (TPSA) is 127 Å². The largest absolute Gasteiger partial charge is 0.480 e. The van der Waals surface area contributed by atoms with Crippen LogP contribution in [0.4, 0.5) is 0 Å². The molecule has 0 bridgehead atoms. The maximum Gasteiger partial charge on any atom is 0.325 e. The van der Waals surface area contributed by atoms with Crippen molar-refractivity contribution < 1.29 is 19.4 Å². The fourth-order valence-electron chi connectivity index (χ4n) is 4.78. The fraction of sp³-hybridized carbons (Fsp3) is 0.618. The van der Waals surface area contributed by atoms with Crippen LogP contribution in [-0.4, -0.2) is 65.1 Å². The Morgan fingerprint density at radius 2 is 1.77 bits per heavy atom. The molecule has 1 unspecified atom stereocenters. The van der Waals surface area contributed by atoms with Gasteiger partial charge < -0.3 is 30.9 Å². The van der Waals surface area contributed by atoms with Gasteiger partial charge in [0.15, 0.2) is 0 Å². The van der Waals surface area contributed by atoms with Gasteiger partial charge in [0.2, 0.25) is 5.91 Å². The number of nitrogens with zero attached hydrogens (tertiary/aromatic N) is 1. The molecule has 0 aromatic heterocycles. The van der Waals surface area contributed by atoms with Crippen LogP contribution in [0.1, 0.15) is 81.6 Å². The average molecular weight is 600 g/mol. The lowest BCUT2D eigenvalue weighted by atomic mass is 9.94. The smallest absolute Gasteiger partial charge is 0.325 e. The Labute approximate surface area is 260 Å². The SMILES string of the molecule is C=C(N[C@@H](C)C(=C)N1CCC[C@](C)(C(=O)O)N1)C(NC(=O)[C@H](C)[C@@H](/C=C/C(=N)/C=C(/C=C(\C)CC)C(C)C)OC)C(C)C. The third-order valence-corrected chi connectivity index (χ3v) is 8.10. The van der Waals surface area contributed by atoms with Crippen LogP contribution in [0.3, 0.4) is 0 Å². The van der Waals surface area contributed by atoms with Gasteiger partial charge in [0, 0.05) is 25.0 Å². The predicted octanol–water partition coefficient (Wildman–Crippen LogP) is 5.74. The third-order valence-electron chi connectivity index (χ3n) is 8.10. The van der Waals surface area contributed by atoms with E-state index in [1.54, 1.807) is 38.1 Å². The van der Waals surface area contributed by atoms with Crippen LogP contribution >= 0.6 is 0 Å². The summed E-state index contributed by atoms with van der Waals surface area (Å²) in [5, 5.41) is 26.4. The molecule has 0 spiro atoms. The van der Waals surface area contributed by atoms with Gasteiger partial charge in [-0.1, -0.05) is 72.4 Å². The van der Waals surface area contributed by atoms with E-state index < -0.39 is 23.5 Å². The Hall–Kier alpha value is -3.17. The highest BCUT2D eigenvalue weighted by molar-refractivity contribution is 6.02. The fourth-order valence-corrected chi connectivity index (χ4v) is 4.78. The number of hydrogen-bond acceptors (Lipinski definition) is 7. The molecule has 9 heteroatoms. The Bertz CT molecular complexity index is 1110. The molecule has 1 aliphatic heterocycles. The van der Waals surface area contributed by atoms with Gasteiger partial charge in [-0.25, -0.2) is 5.43 Å². The maximum atomic E-state index is 13.4. The van der Waals surface area contributed by atoms with E-state index in [-0.39, 0.29) is 29.8 Å². The second-order valence-corrected chi connectivity index (χ2v) is 12.6. The van der Waals surface area contributed by atoms with Gasteiger partial charge in [0.25, 0.3) is 0 Å². The molecule has 0 saturated carbocycles. The number of aliphatic carboxylic acids is 1. The summed E-state index contributed by atoms with van der Waals surface area (Å²) in [6.45, 7) is 26.9. The normalized spacial score (nSPS) is 21.0. The zero-order valence-corrected chi connectivity index (χ0v) is 28.1. The molecule has 0 aliphatic carbocycles. The second-order valence-electron chi connectivity index (χ2n) is 12.6. The number of nitrogens with one attached hydrogen (secondary N) is 4. The van der Waals surface area contributed by atoms with E-state index in [0.29, 0.717) is 30.1 Å². The molecule has 43 heavy (non-hydrogen) atoms. The summed E-state index contributed by atoms with van der Waals surface area (Å²) in [7, 11) is 1.56. The summed E-state index contributed by atoms with van der Waals surface area (Å²) in [6, 6.07) is -0.624. The lowest BCUT2D eigenvalue weighted by molar-refractivity contribution is -0.148. The van der Waals surface area contributed by atoms with Crippen molar-refractivity contribution in [2.45, 2.75) is 105 Å². The Morgan fingerprint density at radius 1 is 1.14 bits per heavy atom. The standard InChI is InChI=1S/C34H57N5O4/c1-13-23(6)19-28(21(2)3)20-29(35)15-16-30(43-12)24(7)32(40)37-31(22(4)5)26(9)36-25(8)27(10)39-18-14-17-34(11,38-39)33(41)42/h15-16,19-22,24-25,30-31,35-36,38H,9-10,13-14,17-18H2,1-8,11-12H3,(H,37,40)(H,41,42)/b16-15+,23-19+,28-20-,35-29?/t24-,25+,30-,31?,34-/m1/s1. The molecule has 5 atom stereocenters. The monoisotopic (exact) mass is 599 g/mol. The quantitative estimate of drug-likeness (QED) is 0.107. The van der Waals surface area contributed by atoms with Crippen molar-refractivity contribution in [3.05, 3.63) is 60.0 Å². The van der Waals surface area contributed by atoms with Gasteiger partial charge in [-0.3, -0.25) is 9.59 Å². The van der Waals surface area contributed by atoms with Gasteiger partial charge in [-0.15, -0.1) is 0 Å². The Kier molecular flexibility index (Phi) is 15.1. The first-order chi connectivity index (χ1) is 20.0. The van der Waals surface area contributed by atoms with Crippen LogP contribution in [0.15, 0.2) is 60.0 Å². The molecule has 1 amide bonds. The number of amides is 1. The zero-order valence-electron chi connectivity index (χ0n) is 28.1. The maximum absolute atomic E-state index is 13.4. The first-order valence-electron chi connectivity index (χ1n) is 15.4. The van der Waals surface area contributed by atoms with Crippen molar-refractivity contribution in [3.8, 4) is 0 Å². The number of rotatable bonds is 17. The summed E-state index contributed by atoms with van der Waals surface area (Å²) in [5.74, 6) is -1.27. The molecule has 1 saturated heterocycles. The molecular weight excluding hydrogens is 542 g/mol. The molecule has 1 rings (SSSR count). The molecule has 9 nitrogen and oxygen atoms in total. The first-order valence-corrected chi connectivity index (χ1v) is 15.4. The summed E-state index contributed by atoms with van der Waals surface area (Å²) < 4.78 is 5.64. The van der Waals surface area contributed by atoms with Crippen molar-refractivity contribution in [2.24, 2.45) is 17.8 Å². The number of carboxylic acid groups (broad SMARTS) is 1. The molecule has 0 aromatic carbocycles. The molecule has 5 N–H and O–H groups in total. The van der Waals surface area contributed by atoms with Gasteiger partial charge in [-0.05, 0) is 69.6 Å². The van der Waals surface area contributed by atoms with E-state index in [1.807, 2.05) is 26.8 Å². The first kappa shape index (κ1) is 37.9. The minimum atomic E-state index is -1.05. The number of methoxy groups -OCH3 is 1. The molecule has 242 valence electrons. The number of hydrogen-bond donors (Lipinski definition) is 5. The minimum absolute atomic E-state index is 0.0453. The third kappa shape index (κ3) is 11.4. The molecule has 1 heterocycles. The summed E-state index contributed by atoms with van der Waals surface area (Å²) >= 11 is 0. The lowest BCUT2D eigenvalue weighted by Gasteiger charge is -2.42. The molecule has 0 aromatic rings. The van der Waals surface area contributed by atoms with Gasteiger partial charge >= 0.3 is 5.97 Å². The molecular formula is C34H57N5O4. The Balaban J connectivity index is 2.93. The Morgan fingerprint density at radius 3 is 2.28 bits per heavy atom. The van der Waals surface area contributed by atoms with Crippen molar-refractivity contribution in [3.63, 3.8) is 0 Å². The van der Waals surface area contributed by atoms with Crippen LogP contribution in [0.2, 0.25) is 0 Å². The summed E-state index contributed by atoms with van der Waals surface area (Å²) in [5.41, 5.74) is 6.07. The van der Waals surface area contributed by atoms with E-state index in [4.69, 9.17) is 10.1 Å². The van der Waals surface area contributed by atoms with E-state index in [2.05, 4.69) is 63.0 Å². The van der Waals surface area contributed by atoms with Crippen LogP contribution in [0, 0.1) is 23.2 Å². The number of ether oxygens (including phenoxy) is 1. The molecule has 1 aliphatic rings. The number of carboxylic acids is 1. The van der Waals surface area contributed by atoms with E-state index in [9.17, 15) is 14.7 Å². The highest BCUT2D eigenvalue weighted by atomic mass is 16.5. The summed E-state index contributed by atoms with van der Waals surface area (Å²) in [6.07, 6.45) is 9.14.